The Bertz CT molecular complexity index is 463. The summed E-state index contributed by atoms with van der Waals surface area (Å²) in [4.78, 5) is 24.2. The Morgan fingerprint density at radius 1 is 1.47 bits per heavy atom. The summed E-state index contributed by atoms with van der Waals surface area (Å²) in [6.07, 6.45) is 6.36. The number of nitrogens with zero attached hydrogens (tertiary/aromatic N) is 2. The van der Waals surface area contributed by atoms with Gasteiger partial charge in [-0.05, 0) is 24.6 Å². The molecule has 1 rings (SSSR count). The third-order valence-electron chi connectivity index (χ3n) is 2.84. The second-order valence-corrected chi connectivity index (χ2v) is 4.40. The first-order valence-corrected chi connectivity index (χ1v) is 6.34. The van der Waals surface area contributed by atoms with E-state index in [0.29, 0.717) is 5.69 Å². The van der Waals surface area contributed by atoms with Crippen molar-refractivity contribution in [1.29, 1.82) is 0 Å². The molecular weight excluding hydrogens is 244 g/mol. The highest BCUT2D eigenvalue weighted by Gasteiger charge is 2.09. The molecule has 5 heteroatoms. The molecule has 1 aromatic heterocycles. The van der Waals surface area contributed by atoms with Gasteiger partial charge in [-0.2, -0.15) is 0 Å². The normalized spacial score (nSPS) is 10.8. The molecule has 104 valence electrons. The van der Waals surface area contributed by atoms with Crippen LogP contribution in [0.3, 0.4) is 0 Å². The maximum absolute atomic E-state index is 12.0. The number of hydrogen-bond donors (Lipinski definition) is 1. The van der Waals surface area contributed by atoms with Gasteiger partial charge in [-0.3, -0.25) is 4.79 Å². The molecule has 0 fully saturated rings. The highest BCUT2D eigenvalue weighted by atomic mass is 16.4. The summed E-state index contributed by atoms with van der Waals surface area (Å²) >= 11 is 0. The SMILES string of the molecule is CCCCN(C)C(=O)Cn1cccc1/C=C/C(=O)O. The maximum atomic E-state index is 12.0. The van der Waals surface area contributed by atoms with Crippen molar-refractivity contribution in [3.63, 3.8) is 0 Å². The summed E-state index contributed by atoms with van der Waals surface area (Å²) in [5, 5.41) is 8.60. The van der Waals surface area contributed by atoms with E-state index < -0.39 is 5.97 Å². The number of carbonyl (C=O) groups excluding carboxylic acids is 1. The van der Waals surface area contributed by atoms with Crippen LogP contribution in [0.5, 0.6) is 0 Å². The fourth-order valence-corrected chi connectivity index (χ4v) is 1.67. The first-order valence-electron chi connectivity index (χ1n) is 6.34. The van der Waals surface area contributed by atoms with E-state index >= 15 is 0 Å². The second-order valence-electron chi connectivity index (χ2n) is 4.40. The quantitative estimate of drug-likeness (QED) is 0.764. The molecule has 0 aliphatic heterocycles. The molecular formula is C14H20N2O3. The number of likely N-dealkylation sites (N-methyl/N-ethyl adjacent to an activating group) is 1. The zero-order valence-corrected chi connectivity index (χ0v) is 11.4. The molecule has 1 heterocycles. The van der Waals surface area contributed by atoms with Crippen LogP contribution in [0.15, 0.2) is 24.4 Å². The van der Waals surface area contributed by atoms with Crippen LogP contribution in [0.1, 0.15) is 25.5 Å². The summed E-state index contributed by atoms with van der Waals surface area (Å²) in [5.74, 6) is -0.978. The summed E-state index contributed by atoms with van der Waals surface area (Å²) in [7, 11) is 1.79. The molecule has 0 atom stereocenters. The van der Waals surface area contributed by atoms with E-state index in [0.717, 1.165) is 25.5 Å². The largest absolute Gasteiger partial charge is 0.478 e. The molecule has 1 N–H and O–H groups in total. The Balaban J connectivity index is 2.64. The molecule has 0 spiro atoms. The van der Waals surface area contributed by atoms with Crippen molar-refractivity contribution in [2.45, 2.75) is 26.3 Å². The van der Waals surface area contributed by atoms with Gasteiger partial charge >= 0.3 is 5.97 Å². The minimum absolute atomic E-state index is 0.0228. The van der Waals surface area contributed by atoms with Crippen LogP contribution in [-0.4, -0.2) is 40.0 Å². The smallest absolute Gasteiger partial charge is 0.328 e. The predicted octanol–water partition coefficient (Wildman–Crippen LogP) is 1.84. The minimum Gasteiger partial charge on any atom is -0.478 e. The molecule has 1 amide bonds. The number of hydrogen-bond acceptors (Lipinski definition) is 2. The van der Waals surface area contributed by atoms with E-state index in [1.165, 1.54) is 6.08 Å². The Morgan fingerprint density at radius 3 is 2.84 bits per heavy atom. The van der Waals surface area contributed by atoms with Crippen molar-refractivity contribution >= 4 is 18.0 Å². The molecule has 0 unspecified atom stereocenters. The van der Waals surface area contributed by atoms with E-state index in [-0.39, 0.29) is 12.5 Å². The number of carboxylic acid groups (broad SMARTS) is 1. The van der Waals surface area contributed by atoms with Crippen molar-refractivity contribution in [2.75, 3.05) is 13.6 Å². The van der Waals surface area contributed by atoms with Gasteiger partial charge in [0.2, 0.25) is 5.91 Å². The van der Waals surface area contributed by atoms with Gasteiger partial charge < -0.3 is 14.6 Å². The van der Waals surface area contributed by atoms with Gasteiger partial charge in [0, 0.05) is 31.6 Å². The molecule has 0 aliphatic carbocycles. The molecule has 1 aromatic rings. The third kappa shape index (κ3) is 4.99. The number of aromatic nitrogens is 1. The van der Waals surface area contributed by atoms with Gasteiger partial charge in [0.25, 0.3) is 0 Å². The van der Waals surface area contributed by atoms with Crippen molar-refractivity contribution in [3.05, 3.63) is 30.1 Å². The van der Waals surface area contributed by atoms with Gasteiger partial charge in [-0.1, -0.05) is 13.3 Å². The highest BCUT2D eigenvalue weighted by Crippen LogP contribution is 2.06. The molecule has 0 radical (unpaired) electrons. The van der Waals surface area contributed by atoms with Crippen LogP contribution < -0.4 is 0 Å². The Labute approximate surface area is 113 Å². The van der Waals surface area contributed by atoms with E-state index in [9.17, 15) is 9.59 Å². The Morgan fingerprint density at radius 2 is 2.21 bits per heavy atom. The zero-order valence-electron chi connectivity index (χ0n) is 11.4. The average molecular weight is 264 g/mol. The van der Waals surface area contributed by atoms with Crippen LogP contribution in [-0.2, 0) is 16.1 Å². The fourth-order valence-electron chi connectivity index (χ4n) is 1.67. The molecule has 0 saturated heterocycles. The number of carboxylic acids is 1. The van der Waals surface area contributed by atoms with E-state index in [1.807, 2.05) is 0 Å². The lowest BCUT2D eigenvalue weighted by atomic mass is 10.3. The number of unbranched alkanes of at least 4 members (excludes halogenated alkanes) is 1. The monoisotopic (exact) mass is 264 g/mol. The summed E-state index contributed by atoms with van der Waals surface area (Å²) in [6, 6.07) is 3.57. The maximum Gasteiger partial charge on any atom is 0.328 e. The fraction of sp³-hybridized carbons (Fsp3) is 0.429. The lowest BCUT2D eigenvalue weighted by Crippen LogP contribution is -2.31. The molecule has 0 bridgehead atoms. The molecule has 0 aromatic carbocycles. The second kappa shape index (κ2) is 7.41. The van der Waals surface area contributed by atoms with Crippen LogP contribution >= 0.6 is 0 Å². The van der Waals surface area contributed by atoms with Crippen LogP contribution in [0, 0.1) is 0 Å². The van der Waals surface area contributed by atoms with Crippen molar-refractivity contribution < 1.29 is 14.7 Å². The number of rotatable bonds is 7. The third-order valence-corrected chi connectivity index (χ3v) is 2.84. The first kappa shape index (κ1) is 15.0. The van der Waals surface area contributed by atoms with Crippen molar-refractivity contribution in [2.24, 2.45) is 0 Å². The Hall–Kier alpha value is -2.04. The molecule has 5 nitrogen and oxygen atoms in total. The van der Waals surface area contributed by atoms with Crippen LogP contribution in [0.2, 0.25) is 0 Å². The average Bonchev–Trinajstić information content (AvgIpc) is 2.80. The van der Waals surface area contributed by atoms with Crippen molar-refractivity contribution in [3.8, 4) is 0 Å². The lowest BCUT2D eigenvalue weighted by Gasteiger charge is -2.17. The van der Waals surface area contributed by atoms with Gasteiger partial charge in [0.05, 0.1) is 0 Å². The van der Waals surface area contributed by atoms with E-state index in [1.54, 1.807) is 34.8 Å². The van der Waals surface area contributed by atoms with E-state index in [2.05, 4.69) is 6.92 Å². The topological polar surface area (TPSA) is 62.5 Å². The van der Waals surface area contributed by atoms with Crippen molar-refractivity contribution in [1.82, 2.24) is 9.47 Å². The summed E-state index contributed by atoms with van der Waals surface area (Å²) in [5.41, 5.74) is 0.708. The first-order chi connectivity index (χ1) is 9.04. The van der Waals surface area contributed by atoms with Gasteiger partial charge in [0.15, 0.2) is 0 Å². The number of carbonyl (C=O) groups is 2. The van der Waals surface area contributed by atoms with Crippen LogP contribution in [0.25, 0.3) is 6.08 Å². The van der Waals surface area contributed by atoms with E-state index in [4.69, 9.17) is 5.11 Å². The summed E-state index contributed by atoms with van der Waals surface area (Å²) in [6.45, 7) is 3.06. The lowest BCUT2D eigenvalue weighted by molar-refractivity contribution is -0.131. The van der Waals surface area contributed by atoms with Gasteiger partial charge in [0.1, 0.15) is 6.54 Å². The standard InChI is InChI=1S/C14H20N2O3/c1-3-4-9-15(2)13(17)11-16-10-5-6-12(16)7-8-14(18)19/h5-8,10H,3-4,9,11H2,1-2H3,(H,18,19)/b8-7+. The molecule has 19 heavy (non-hydrogen) atoms. The Kier molecular flexibility index (Phi) is 5.85. The predicted molar refractivity (Wildman–Crippen MR) is 73.6 cm³/mol. The highest BCUT2D eigenvalue weighted by molar-refractivity contribution is 5.85. The number of amides is 1. The van der Waals surface area contributed by atoms with Gasteiger partial charge in [-0.15, -0.1) is 0 Å². The zero-order chi connectivity index (χ0) is 14.3. The molecule has 0 saturated carbocycles. The number of aliphatic carboxylic acids is 1. The molecule has 0 aliphatic rings. The minimum atomic E-state index is -1.00. The summed E-state index contributed by atoms with van der Waals surface area (Å²) < 4.78 is 1.74. The van der Waals surface area contributed by atoms with Gasteiger partial charge in [-0.25, -0.2) is 4.79 Å². The van der Waals surface area contributed by atoms with Crippen LogP contribution in [0.4, 0.5) is 0 Å².